The van der Waals surface area contributed by atoms with E-state index in [1.165, 1.54) is 6.26 Å². The monoisotopic (exact) mass is 369 g/mol. The van der Waals surface area contributed by atoms with E-state index < -0.39 is 17.7 Å². The Labute approximate surface area is 155 Å². The Morgan fingerprint density at radius 1 is 1.22 bits per heavy atom. The molecule has 1 amide bonds. The molecule has 3 aromatic rings. The Hall–Kier alpha value is -3.42. The molecular weight excluding hydrogens is 350 g/mol. The quantitative estimate of drug-likeness (QED) is 0.722. The molecule has 0 radical (unpaired) electrons. The van der Waals surface area contributed by atoms with Crippen molar-refractivity contribution in [2.45, 2.75) is 32.9 Å². The van der Waals surface area contributed by atoms with Crippen molar-refractivity contribution >= 4 is 23.2 Å². The number of amides is 1. The number of furan rings is 1. The SMILES string of the molecule is CC(C)(C)OC(=O)NCc1cccc(-c2nc(C(=O)O)nc3ccoc23)c1. The van der Waals surface area contributed by atoms with Crippen LogP contribution in [0.5, 0.6) is 0 Å². The van der Waals surface area contributed by atoms with Crippen molar-refractivity contribution in [1.29, 1.82) is 0 Å². The molecule has 0 saturated carbocycles. The van der Waals surface area contributed by atoms with E-state index in [1.54, 1.807) is 45.0 Å². The molecule has 0 aliphatic rings. The van der Waals surface area contributed by atoms with Crippen molar-refractivity contribution in [2.75, 3.05) is 0 Å². The maximum absolute atomic E-state index is 11.8. The zero-order valence-electron chi connectivity index (χ0n) is 15.1. The fourth-order valence-corrected chi connectivity index (χ4v) is 2.47. The first-order valence-corrected chi connectivity index (χ1v) is 8.27. The second-order valence-electron chi connectivity index (χ2n) is 6.89. The average Bonchev–Trinajstić information content (AvgIpc) is 3.06. The van der Waals surface area contributed by atoms with Crippen LogP contribution in [0.3, 0.4) is 0 Å². The van der Waals surface area contributed by atoms with Gasteiger partial charge in [0.05, 0.1) is 6.26 Å². The van der Waals surface area contributed by atoms with E-state index >= 15 is 0 Å². The van der Waals surface area contributed by atoms with E-state index in [4.69, 9.17) is 9.15 Å². The van der Waals surface area contributed by atoms with Crippen LogP contribution in [0.4, 0.5) is 4.79 Å². The molecule has 8 nitrogen and oxygen atoms in total. The van der Waals surface area contributed by atoms with E-state index in [1.807, 2.05) is 6.07 Å². The third kappa shape index (κ3) is 4.41. The summed E-state index contributed by atoms with van der Waals surface area (Å²) in [7, 11) is 0. The van der Waals surface area contributed by atoms with E-state index in [0.29, 0.717) is 22.4 Å². The molecule has 2 N–H and O–H groups in total. The number of aromatic carboxylic acids is 1. The normalized spacial score (nSPS) is 11.4. The maximum atomic E-state index is 11.8. The van der Waals surface area contributed by atoms with Gasteiger partial charge in [-0.15, -0.1) is 0 Å². The Balaban J connectivity index is 1.88. The molecule has 3 rings (SSSR count). The van der Waals surface area contributed by atoms with Crippen LogP contribution in [-0.2, 0) is 11.3 Å². The molecule has 1 aromatic carbocycles. The number of hydrogen-bond acceptors (Lipinski definition) is 6. The molecule has 0 saturated heterocycles. The lowest BCUT2D eigenvalue weighted by Gasteiger charge is -2.19. The van der Waals surface area contributed by atoms with Crippen LogP contribution in [0.15, 0.2) is 41.0 Å². The van der Waals surface area contributed by atoms with Gasteiger partial charge in [0.1, 0.15) is 16.8 Å². The second kappa shape index (κ2) is 7.06. The highest BCUT2D eigenvalue weighted by molar-refractivity contribution is 5.92. The van der Waals surface area contributed by atoms with Crippen molar-refractivity contribution < 1.29 is 23.8 Å². The zero-order valence-corrected chi connectivity index (χ0v) is 15.1. The summed E-state index contributed by atoms with van der Waals surface area (Å²) in [5, 5.41) is 11.9. The Kier molecular flexibility index (Phi) is 4.81. The molecule has 0 aliphatic carbocycles. The van der Waals surface area contributed by atoms with Gasteiger partial charge in [-0.3, -0.25) is 0 Å². The molecule has 0 unspecified atom stereocenters. The highest BCUT2D eigenvalue weighted by atomic mass is 16.6. The predicted octanol–water partition coefficient (Wildman–Crippen LogP) is 3.61. The summed E-state index contributed by atoms with van der Waals surface area (Å²) in [5.74, 6) is -1.53. The molecule has 0 spiro atoms. The van der Waals surface area contributed by atoms with Gasteiger partial charge in [0.15, 0.2) is 5.58 Å². The largest absolute Gasteiger partial charge is 0.475 e. The maximum Gasteiger partial charge on any atom is 0.407 e. The lowest BCUT2D eigenvalue weighted by atomic mass is 10.1. The average molecular weight is 369 g/mol. The predicted molar refractivity (Wildman–Crippen MR) is 97.3 cm³/mol. The molecule has 0 atom stereocenters. The van der Waals surface area contributed by atoms with Gasteiger partial charge in [0.2, 0.25) is 5.82 Å². The molecular formula is C19H19N3O5. The topological polar surface area (TPSA) is 115 Å². The third-order valence-corrected chi connectivity index (χ3v) is 3.53. The van der Waals surface area contributed by atoms with Gasteiger partial charge in [-0.25, -0.2) is 19.6 Å². The number of carbonyl (C=O) groups is 2. The minimum absolute atomic E-state index is 0.251. The third-order valence-electron chi connectivity index (χ3n) is 3.53. The van der Waals surface area contributed by atoms with Gasteiger partial charge in [-0.2, -0.15) is 0 Å². The van der Waals surface area contributed by atoms with Crippen molar-refractivity contribution in [3.63, 3.8) is 0 Å². The molecule has 140 valence electrons. The van der Waals surface area contributed by atoms with Crippen LogP contribution in [0.2, 0.25) is 0 Å². The van der Waals surface area contributed by atoms with Crippen LogP contribution in [-0.4, -0.2) is 32.7 Å². The van der Waals surface area contributed by atoms with E-state index in [9.17, 15) is 14.7 Å². The minimum atomic E-state index is -1.22. The molecule has 0 bridgehead atoms. The summed E-state index contributed by atoms with van der Waals surface area (Å²) in [6.07, 6.45) is 0.916. The van der Waals surface area contributed by atoms with Crippen LogP contribution in [0.25, 0.3) is 22.4 Å². The summed E-state index contributed by atoms with van der Waals surface area (Å²) < 4.78 is 10.6. The van der Waals surface area contributed by atoms with Crippen LogP contribution >= 0.6 is 0 Å². The molecule has 2 heterocycles. The van der Waals surface area contributed by atoms with Crippen LogP contribution in [0, 0.1) is 0 Å². The molecule has 0 fully saturated rings. The fourth-order valence-electron chi connectivity index (χ4n) is 2.47. The number of hydrogen-bond donors (Lipinski definition) is 2. The van der Waals surface area contributed by atoms with Gasteiger partial charge in [-0.05, 0) is 32.4 Å². The number of carboxylic acid groups (broad SMARTS) is 1. The Morgan fingerprint density at radius 3 is 2.70 bits per heavy atom. The first kappa shape index (κ1) is 18.4. The van der Waals surface area contributed by atoms with Gasteiger partial charge >= 0.3 is 12.1 Å². The van der Waals surface area contributed by atoms with Crippen LogP contribution in [0.1, 0.15) is 37.0 Å². The fraction of sp³-hybridized carbons (Fsp3) is 0.263. The molecule has 0 aliphatic heterocycles. The van der Waals surface area contributed by atoms with Gasteiger partial charge in [0.25, 0.3) is 0 Å². The van der Waals surface area contributed by atoms with Crippen molar-refractivity contribution in [1.82, 2.24) is 15.3 Å². The summed E-state index contributed by atoms with van der Waals surface area (Å²) in [5.41, 5.74) is 2.07. The minimum Gasteiger partial charge on any atom is -0.475 e. The van der Waals surface area contributed by atoms with Crippen molar-refractivity contribution in [3.05, 3.63) is 48.0 Å². The number of ether oxygens (including phenoxy) is 1. The van der Waals surface area contributed by atoms with Crippen molar-refractivity contribution in [2.24, 2.45) is 0 Å². The first-order valence-electron chi connectivity index (χ1n) is 8.27. The highest BCUT2D eigenvalue weighted by Gasteiger charge is 2.18. The zero-order chi connectivity index (χ0) is 19.6. The number of benzene rings is 1. The number of nitrogens with zero attached hydrogens (tertiary/aromatic N) is 2. The molecule has 2 aromatic heterocycles. The van der Waals surface area contributed by atoms with Crippen molar-refractivity contribution in [3.8, 4) is 11.3 Å². The number of carbonyl (C=O) groups excluding carboxylic acids is 1. The number of fused-ring (bicyclic) bond motifs is 1. The molecule has 8 heteroatoms. The summed E-state index contributed by atoms with van der Waals surface area (Å²) in [6.45, 7) is 5.62. The number of aromatic nitrogens is 2. The van der Waals surface area contributed by atoms with E-state index in [-0.39, 0.29) is 12.4 Å². The number of carboxylic acids is 1. The number of rotatable bonds is 4. The first-order chi connectivity index (χ1) is 12.7. The van der Waals surface area contributed by atoms with E-state index in [0.717, 1.165) is 5.56 Å². The molecule has 27 heavy (non-hydrogen) atoms. The van der Waals surface area contributed by atoms with Gasteiger partial charge in [0, 0.05) is 18.2 Å². The highest BCUT2D eigenvalue weighted by Crippen LogP contribution is 2.27. The summed E-state index contributed by atoms with van der Waals surface area (Å²) >= 11 is 0. The Morgan fingerprint density at radius 2 is 2.00 bits per heavy atom. The smallest absolute Gasteiger partial charge is 0.407 e. The van der Waals surface area contributed by atoms with Crippen LogP contribution < -0.4 is 5.32 Å². The number of nitrogens with one attached hydrogen (secondary N) is 1. The lowest BCUT2D eigenvalue weighted by molar-refractivity contribution is 0.0523. The van der Waals surface area contributed by atoms with E-state index in [2.05, 4.69) is 15.3 Å². The standard InChI is InChI=1S/C19H19N3O5/c1-19(2,3)27-18(25)20-10-11-5-4-6-12(9-11)14-15-13(7-8-26-15)21-16(22-14)17(23)24/h4-9H,10H2,1-3H3,(H,20,25)(H,23,24). The lowest BCUT2D eigenvalue weighted by Crippen LogP contribution is -2.32. The number of alkyl carbamates (subject to hydrolysis) is 1. The summed E-state index contributed by atoms with van der Waals surface area (Å²) in [6, 6.07) is 8.79. The second-order valence-corrected chi connectivity index (χ2v) is 6.89. The van der Waals surface area contributed by atoms with Gasteiger partial charge < -0.3 is 19.6 Å². The Bertz CT molecular complexity index is 1000. The van der Waals surface area contributed by atoms with Gasteiger partial charge in [-0.1, -0.05) is 18.2 Å². The summed E-state index contributed by atoms with van der Waals surface area (Å²) in [4.78, 5) is 31.2.